The van der Waals surface area contributed by atoms with Crippen LogP contribution in [0.15, 0.2) is 28.7 Å². The van der Waals surface area contributed by atoms with Crippen LogP contribution in [0.1, 0.15) is 6.42 Å². The summed E-state index contributed by atoms with van der Waals surface area (Å²) in [7, 11) is 0. The lowest BCUT2D eigenvalue weighted by Gasteiger charge is -2.26. The molecule has 1 amide bonds. The van der Waals surface area contributed by atoms with E-state index in [9.17, 15) is 4.79 Å². The number of hydrogen-bond donors (Lipinski definition) is 1. The molecule has 21 heavy (non-hydrogen) atoms. The van der Waals surface area contributed by atoms with Crippen LogP contribution in [-0.4, -0.2) is 56.8 Å². The number of nitrogens with zero attached hydrogens (tertiary/aromatic N) is 1. The Morgan fingerprint density at radius 1 is 1.24 bits per heavy atom. The van der Waals surface area contributed by atoms with Gasteiger partial charge in [-0.25, -0.2) is 0 Å². The van der Waals surface area contributed by atoms with Crippen LogP contribution in [0.5, 0.6) is 5.75 Å². The molecular formula is C15H21BrN2O3. The fraction of sp³-hybridized carbons (Fsp3) is 0.533. The Kier molecular flexibility index (Phi) is 6.99. The van der Waals surface area contributed by atoms with E-state index in [1.165, 1.54) is 0 Å². The highest BCUT2D eigenvalue weighted by molar-refractivity contribution is 9.10. The third kappa shape index (κ3) is 6.03. The van der Waals surface area contributed by atoms with Crippen molar-refractivity contribution in [1.82, 2.24) is 10.2 Å². The molecule has 2 rings (SSSR count). The first-order valence-corrected chi connectivity index (χ1v) is 7.99. The Labute approximate surface area is 133 Å². The average Bonchev–Trinajstić information content (AvgIpc) is 2.53. The third-order valence-electron chi connectivity index (χ3n) is 3.24. The van der Waals surface area contributed by atoms with Crippen molar-refractivity contribution in [2.24, 2.45) is 0 Å². The van der Waals surface area contributed by atoms with Gasteiger partial charge in [-0.2, -0.15) is 0 Å². The summed E-state index contributed by atoms with van der Waals surface area (Å²) in [6, 6.07) is 7.74. The lowest BCUT2D eigenvalue weighted by atomic mass is 10.3. The molecule has 0 saturated carbocycles. The number of hydrogen-bond acceptors (Lipinski definition) is 4. The van der Waals surface area contributed by atoms with Gasteiger partial charge in [-0.3, -0.25) is 4.79 Å². The first kappa shape index (κ1) is 16.3. The molecule has 1 N–H and O–H groups in total. The van der Waals surface area contributed by atoms with Crippen molar-refractivity contribution < 1.29 is 14.3 Å². The Balaban J connectivity index is 1.51. The zero-order valence-corrected chi connectivity index (χ0v) is 13.6. The molecule has 1 aromatic carbocycles. The maximum absolute atomic E-state index is 11.9. The molecule has 0 atom stereocenters. The average molecular weight is 357 g/mol. The van der Waals surface area contributed by atoms with Gasteiger partial charge in [0.25, 0.3) is 0 Å². The molecule has 0 aliphatic carbocycles. The maximum atomic E-state index is 11.9. The molecule has 1 aliphatic rings. The first-order valence-electron chi connectivity index (χ1n) is 7.20. The number of nitrogens with one attached hydrogen (secondary N) is 1. The van der Waals surface area contributed by atoms with Crippen molar-refractivity contribution in [3.63, 3.8) is 0 Å². The molecule has 1 aliphatic heterocycles. The van der Waals surface area contributed by atoms with Crippen LogP contribution < -0.4 is 10.1 Å². The minimum absolute atomic E-state index is 0.194. The molecule has 6 heteroatoms. The van der Waals surface area contributed by atoms with Gasteiger partial charge in [0.15, 0.2) is 0 Å². The molecule has 0 radical (unpaired) electrons. The molecule has 1 saturated heterocycles. The van der Waals surface area contributed by atoms with E-state index in [0.29, 0.717) is 45.9 Å². The predicted molar refractivity (Wildman–Crippen MR) is 84.5 cm³/mol. The standard InChI is InChI=1S/C15H21BrN2O3/c16-13-1-3-14(4-2-13)21-10-7-17-6-5-15(19)18-8-11-20-12-9-18/h1-4,17H,5-12H2. The summed E-state index contributed by atoms with van der Waals surface area (Å²) in [5, 5.41) is 3.22. The SMILES string of the molecule is O=C(CCNCCOc1ccc(Br)cc1)N1CCOCC1. The quantitative estimate of drug-likeness (QED) is 0.755. The highest BCUT2D eigenvalue weighted by Gasteiger charge is 2.15. The van der Waals surface area contributed by atoms with Crippen LogP contribution in [-0.2, 0) is 9.53 Å². The van der Waals surface area contributed by atoms with E-state index < -0.39 is 0 Å². The van der Waals surface area contributed by atoms with Gasteiger partial charge in [0.05, 0.1) is 13.2 Å². The number of rotatable bonds is 7. The van der Waals surface area contributed by atoms with Crippen molar-refractivity contribution in [3.05, 3.63) is 28.7 Å². The van der Waals surface area contributed by atoms with Gasteiger partial charge in [0, 0.05) is 37.1 Å². The summed E-state index contributed by atoms with van der Waals surface area (Å²) < 4.78 is 11.9. The molecule has 1 aromatic rings. The first-order chi connectivity index (χ1) is 10.3. The Morgan fingerprint density at radius 3 is 2.67 bits per heavy atom. The van der Waals surface area contributed by atoms with E-state index in [1.807, 2.05) is 29.2 Å². The van der Waals surface area contributed by atoms with E-state index in [4.69, 9.17) is 9.47 Å². The van der Waals surface area contributed by atoms with Crippen LogP contribution in [0.3, 0.4) is 0 Å². The Bertz CT molecular complexity index is 433. The summed E-state index contributed by atoms with van der Waals surface area (Å²) in [5.74, 6) is 1.05. The summed E-state index contributed by atoms with van der Waals surface area (Å²) in [5.41, 5.74) is 0. The van der Waals surface area contributed by atoms with Gasteiger partial charge in [-0.1, -0.05) is 15.9 Å². The number of amides is 1. The van der Waals surface area contributed by atoms with Crippen molar-refractivity contribution in [2.45, 2.75) is 6.42 Å². The molecule has 116 valence electrons. The van der Waals surface area contributed by atoms with Crippen molar-refractivity contribution >= 4 is 21.8 Å². The van der Waals surface area contributed by atoms with Gasteiger partial charge >= 0.3 is 0 Å². The molecule has 0 bridgehead atoms. The fourth-order valence-corrected chi connectivity index (χ4v) is 2.33. The number of benzene rings is 1. The van der Waals surface area contributed by atoms with Gasteiger partial charge in [-0.15, -0.1) is 0 Å². The van der Waals surface area contributed by atoms with Crippen LogP contribution in [0.25, 0.3) is 0 Å². The third-order valence-corrected chi connectivity index (χ3v) is 3.77. The monoisotopic (exact) mass is 356 g/mol. The lowest BCUT2D eigenvalue weighted by molar-refractivity contribution is -0.135. The van der Waals surface area contributed by atoms with Crippen LogP contribution in [0.4, 0.5) is 0 Å². The molecule has 0 unspecified atom stereocenters. The topological polar surface area (TPSA) is 50.8 Å². The van der Waals surface area contributed by atoms with E-state index in [0.717, 1.165) is 16.8 Å². The number of morpholine rings is 1. The van der Waals surface area contributed by atoms with Crippen molar-refractivity contribution in [2.75, 3.05) is 46.0 Å². The Morgan fingerprint density at radius 2 is 1.95 bits per heavy atom. The number of ether oxygens (including phenoxy) is 2. The summed E-state index contributed by atoms with van der Waals surface area (Å²) in [6.45, 7) is 4.73. The minimum atomic E-state index is 0.194. The molecule has 0 aromatic heterocycles. The van der Waals surface area contributed by atoms with E-state index in [1.54, 1.807) is 0 Å². The van der Waals surface area contributed by atoms with Crippen molar-refractivity contribution in [1.29, 1.82) is 0 Å². The lowest BCUT2D eigenvalue weighted by Crippen LogP contribution is -2.41. The largest absolute Gasteiger partial charge is 0.492 e. The zero-order chi connectivity index (χ0) is 14.9. The van der Waals surface area contributed by atoms with Gasteiger partial charge in [0.1, 0.15) is 12.4 Å². The Hall–Kier alpha value is -1.11. The van der Waals surface area contributed by atoms with E-state index in [-0.39, 0.29) is 5.91 Å². The summed E-state index contributed by atoms with van der Waals surface area (Å²) in [6.07, 6.45) is 0.526. The molecule has 1 heterocycles. The summed E-state index contributed by atoms with van der Waals surface area (Å²) >= 11 is 3.38. The maximum Gasteiger partial charge on any atom is 0.224 e. The molecule has 1 fully saturated rings. The van der Waals surface area contributed by atoms with Crippen molar-refractivity contribution in [3.8, 4) is 5.75 Å². The highest BCUT2D eigenvalue weighted by atomic mass is 79.9. The van der Waals surface area contributed by atoms with E-state index in [2.05, 4.69) is 21.2 Å². The highest BCUT2D eigenvalue weighted by Crippen LogP contribution is 2.15. The van der Waals surface area contributed by atoms with Crippen LogP contribution in [0.2, 0.25) is 0 Å². The van der Waals surface area contributed by atoms with E-state index >= 15 is 0 Å². The second-order valence-corrected chi connectivity index (χ2v) is 5.71. The molecule has 0 spiro atoms. The predicted octanol–water partition coefficient (Wildman–Crippen LogP) is 1.67. The fourth-order valence-electron chi connectivity index (χ4n) is 2.06. The van der Waals surface area contributed by atoms with Crippen LogP contribution in [0, 0.1) is 0 Å². The van der Waals surface area contributed by atoms with Crippen LogP contribution >= 0.6 is 15.9 Å². The second-order valence-electron chi connectivity index (χ2n) is 4.80. The molecule has 5 nitrogen and oxygen atoms in total. The number of carbonyl (C=O) groups is 1. The normalized spacial score (nSPS) is 15.0. The number of carbonyl (C=O) groups excluding carboxylic acids is 1. The zero-order valence-electron chi connectivity index (χ0n) is 12.0. The number of halogens is 1. The van der Waals surface area contributed by atoms with Gasteiger partial charge < -0.3 is 19.7 Å². The van der Waals surface area contributed by atoms with Gasteiger partial charge in [-0.05, 0) is 24.3 Å². The van der Waals surface area contributed by atoms with Gasteiger partial charge in [0.2, 0.25) is 5.91 Å². The minimum Gasteiger partial charge on any atom is -0.492 e. The summed E-state index contributed by atoms with van der Waals surface area (Å²) in [4.78, 5) is 13.7. The second kappa shape index (κ2) is 9.02. The smallest absolute Gasteiger partial charge is 0.224 e. The molecular weight excluding hydrogens is 336 g/mol.